The van der Waals surface area contributed by atoms with Crippen LogP contribution in [-0.2, 0) is 0 Å². The van der Waals surface area contributed by atoms with Gasteiger partial charge in [-0.2, -0.15) is 0 Å². The number of nitrogens with two attached hydrogens (primary N) is 1. The number of nitrogens with zero attached hydrogens (tertiary/aromatic N) is 2. The van der Waals surface area contributed by atoms with Crippen molar-refractivity contribution in [3.8, 4) is 0 Å². The maximum absolute atomic E-state index is 6.73. The second-order valence-corrected chi connectivity index (χ2v) is 10.8. The van der Waals surface area contributed by atoms with Crippen LogP contribution in [0.25, 0.3) is 11.3 Å². The van der Waals surface area contributed by atoms with Crippen LogP contribution in [0.3, 0.4) is 0 Å². The van der Waals surface area contributed by atoms with Crippen LogP contribution in [0.4, 0.5) is 0 Å². The molecule has 4 nitrogen and oxygen atoms in total. The lowest BCUT2D eigenvalue weighted by atomic mass is 9.66. The summed E-state index contributed by atoms with van der Waals surface area (Å²) >= 11 is 0. The Labute approximate surface area is 230 Å². The van der Waals surface area contributed by atoms with E-state index in [1.54, 1.807) is 0 Å². The summed E-state index contributed by atoms with van der Waals surface area (Å²) < 4.78 is 0. The first-order chi connectivity index (χ1) is 19.1. The van der Waals surface area contributed by atoms with Gasteiger partial charge in [-0.15, -0.1) is 0 Å². The van der Waals surface area contributed by atoms with E-state index in [2.05, 4.69) is 127 Å². The minimum atomic E-state index is -0.484. The van der Waals surface area contributed by atoms with E-state index in [9.17, 15) is 0 Å². The number of nitrogens with one attached hydrogen (secondary N) is 1. The highest BCUT2D eigenvalue weighted by molar-refractivity contribution is 5.88. The van der Waals surface area contributed by atoms with Crippen molar-refractivity contribution in [2.24, 2.45) is 11.7 Å². The number of allylic oxidation sites excluding steroid dienone is 11. The van der Waals surface area contributed by atoms with Crippen LogP contribution in [-0.4, -0.2) is 35.1 Å². The predicted molar refractivity (Wildman–Crippen MR) is 160 cm³/mol. The minimum absolute atomic E-state index is 0.0799. The Bertz CT molecular complexity index is 1580. The Hall–Kier alpha value is -4.41. The van der Waals surface area contributed by atoms with Crippen molar-refractivity contribution in [3.63, 3.8) is 0 Å². The molecule has 192 valence electrons. The number of hydrogen-bond acceptors (Lipinski definition) is 4. The van der Waals surface area contributed by atoms with Gasteiger partial charge < -0.3 is 16.0 Å². The van der Waals surface area contributed by atoms with Gasteiger partial charge >= 0.3 is 0 Å². The van der Waals surface area contributed by atoms with E-state index < -0.39 is 5.54 Å². The highest BCUT2D eigenvalue weighted by atomic mass is 15.1. The standard InChI is InChI=1S/C35H32N4/c1-39-23-25(16-18-32(39)35(36)19-7-8-20-35)34-28-12-4-2-10-26(28)33(27-11-3-5-13-29(27)34)24-15-17-31(38-22-24)30-14-6-9-21-37-30/h2-20,22-23,28,32,34,37H,21,36H2,1H3. The van der Waals surface area contributed by atoms with E-state index >= 15 is 0 Å². The number of rotatable bonds is 4. The Balaban J connectivity index is 1.30. The average molecular weight is 509 g/mol. The first-order valence-corrected chi connectivity index (χ1v) is 13.7. The van der Waals surface area contributed by atoms with Crippen molar-refractivity contribution in [3.05, 3.63) is 161 Å². The molecule has 3 N–H and O–H groups in total. The third-order valence-corrected chi connectivity index (χ3v) is 8.43. The minimum Gasteiger partial charge on any atom is -0.380 e. The van der Waals surface area contributed by atoms with Crippen LogP contribution in [0, 0.1) is 5.92 Å². The zero-order chi connectivity index (χ0) is 26.4. The summed E-state index contributed by atoms with van der Waals surface area (Å²) in [4.78, 5) is 7.14. The lowest BCUT2D eigenvalue weighted by Gasteiger charge is -2.41. The molecule has 0 saturated heterocycles. The van der Waals surface area contributed by atoms with Gasteiger partial charge in [0.05, 0.1) is 23.0 Å². The molecular weight excluding hydrogens is 476 g/mol. The van der Waals surface area contributed by atoms with Gasteiger partial charge in [-0.05, 0) is 40.0 Å². The van der Waals surface area contributed by atoms with Crippen LogP contribution in [0.15, 0.2) is 139 Å². The molecule has 1 aromatic heterocycles. The van der Waals surface area contributed by atoms with Gasteiger partial charge in [0.2, 0.25) is 0 Å². The van der Waals surface area contributed by atoms with Gasteiger partial charge in [0.15, 0.2) is 0 Å². The topological polar surface area (TPSA) is 54.2 Å². The number of hydrogen-bond donors (Lipinski definition) is 2. The fourth-order valence-electron chi connectivity index (χ4n) is 6.59. The molecule has 0 fully saturated rings. The van der Waals surface area contributed by atoms with Crippen molar-refractivity contribution in [1.29, 1.82) is 0 Å². The van der Waals surface area contributed by atoms with Crippen LogP contribution in [0.2, 0.25) is 0 Å². The Morgan fingerprint density at radius 3 is 2.62 bits per heavy atom. The molecule has 3 unspecified atom stereocenters. The summed E-state index contributed by atoms with van der Waals surface area (Å²) in [6.45, 7) is 0.831. The molecule has 3 atom stereocenters. The van der Waals surface area contributed by atoms with Gasteiger partial charge in [-0.1, -0.05) is 103 Å². The molecule has 0 spiro atoms. The molecule has 0 bridgehead atoms. The summed E-state index contributed by atoms with van der Waals surface area (Å²) in [6.07, 6.45) is 32.4. The summed E-state index contributed by atoms with van der Waals surface area (Å²) in [5.74, 6) is 0.436. The molecule has 2 aromatic rings. The number of aromatic nitrogens is 1. The molecule has 0 saturated carbocycles. The third-order valence-electron chi connectivity index (χ3n) is 8.43. The van der Waals surface area contributed by atoms with E-state index in [0.29, 0.717) is 0 Å². The molecule has 1 aromatic carbocycles. The lowest BCUT2D eigenvalue weighted by molar-refractivity contribution is 0.310. The second kappa shape index (κ2) is 9.40. The van der Waals surface area contributed by atoms with E-state index in [-0.39, 0.29) is 17.9 Å². The molecular formula is C35H32N4. The number of likely N-dealkylation sites (N-methyl/N-ethyl adjacent to an activating group) is 1. The molecule has 0 radical (unpaired) electrons. The smallest absolute Gasteiger partial charge is 0.0861 e. The zero-order valence-corrected chi connectivity index (χ0v) is 22.0. The molecule has 4 heteroatoms. The molecule has 7 rings (SSSR count). The maximum Gasteiger partial charge on any atom is 0.0861 e. The second-order valence-electron chi connectivity index (χ2n) is 10.8. The first-order valence-electron chi connectivity index (χ1n) is 13.7. The van der Waals surface area contributed by atoms with Crippen LogP contribution < -0.4 is 11.1 Å². The van der Waals surface area contributed by atoms with Gasteiger partial charge in [-0.25, -0.2) is 0 Å². The average Bonchev–Trinajstić information content (AvgIpc) is 3.43. The van der Waals surface area contributed by atoms with Crippen molar-refractivity contribution in [2.45, 2.75) is 17.5 Å². The highest BCUT2D eigenvalue weighted by Gasteiger charge is 2.39. The molecule has 5 aliphatic rings. The summed E-state index contributed by atoms with van der Waals surface area (Å²) in [7, 11) is 2.13. The predicted octanol–water partition coefficient (Wildman–Crippen LogP) is 5.80. The Morgan fingerprint density at radius 1 is 0.974 bits per heavy atom. The van der Waals surface area contributed by atoms with E-state index in [4.69, 9.17) is 10.7 Å². The number of pyridine rings is 1. The van der Waals surface area contributed by atoms with Crippen molar-refractivity contribution in [2.75, 3.05) is 13.6 Å². The monoisotopic (exact) mass is 508 g/mol. The van der Waals surface area contributed by atoms with Gasteiger partial charge in [0.1, 0.15) is 0 Å². The number of dihydropyridines is 1. The first kappa shape index (κ1) is 23.7. The zero-order valence-electron chi connectivity index (χ0n) is 22.0. The SMILES string of the molecule is CN1C=C(C2c3ccccc3C(c3ccc(C4=CC=CCN4)nc3)=C3C=CC=CC32)C=CC1C1(N)C=CC=C1. The van der Waals surface area contributed by atoms with Crippen molar-refractivity contribution in [1.82, 2.24) is 15.2 Å². The maximum atomic E-state index is 6.73. The molecule has 3 heterocycles. The van der Waals surface area contributed by atoms with Crippen LogP contribution in [0.5, 0.6) is 0 Å². The number of benzene rings is 1. The van der Waals surface area contributed by atoms with Crippen LogP contribution in [0.1, 0.15) is 28.3 Å². The normalized spacial score (nSPS) is 25.8. The van der Waals surface area contributed by atoms with Crippen molar-refractivity contribution < 1.29 is 0 Å². The summed E-state index contributed by atoms with van der Waals surface area (Å²) in [5.41, 5.74) is 15.9. The molecule has 3 aliphatic carbocycles. The lowest BCUT2D eigenvalue weighted by Crippen LogP contribution is -2.53. The Morgan fingerprint density at radius 2 is 1.85 bits per heavy atom. The van der Waals surface area contributed by atoms with Gasteiger partial charge in [-0.3, -0.25) is 4.98 Å². The molecule has 2 aliphatic heterocycles. The van der Waals surface area contributed by atoms with E-state index in [0.717, 1.165) is 23.5 Å². The largest absolute Gasteiger partial charge is 0.380 e. The van der Waals surface area contributed by atoms with Gasteiger partial charge in [0.25, 0.3) is 0 Å². The van der Waals surface area contributed by atoms with E-state index in [1.165, 1.54) is 27.8 Å². The fraction of sp³-hybridized carbons (Fsp3) is 0.171. The highest BCUT2D eigenvalue weighted by Crippen LogP contribution is 2.51. The number of fused-ring (bicyclic) bond motifs is 2. The quantitative estimate of drug-likeness (QED) is 0.548. The molecule has 0 amide bonds. The summed E-state index contributed by atoms with van der Waals surface area (Å²) in [6, 6.07) is 13.3. The van der Waals surface area contributed by atoms with E-state index in [1.807, 2.05) is 18.3 Å². The molecule has 39 heavy (non-hydrogen) atoms. The van der Waals surface area contributed by atoms with Gasteiger partial charge in [0, 0.05) is 43.4 Å². The van der Waals surface area contributed by atoms with Crippen LogP contribution >= 0.6 is 0 Å². The third kappa shape index (κ3) is 4.00. The Kier molecular flexibility index (Phi) is 5.71. The fourth-order valence-corrected chi connectivity index (χ4v) is 6.59. The van der Waals surface area contributed by atoms with Crippen molar-refractivity contribution >= 4 is 11.3 Å². The summed E-state index contributed by atoms with van der Waals surface area (Å²) in [5, 5.41) is 3.41.